The van der Waals surface area contributed by atoms with Gasteiger partial charge in [-0.15, -0.1) is 0 Å². The maximum Gasteiger partial charge on any atom is 0.313 e. The summed E-state index contributed by atoms with van der Waals surface area (Å²) in [5, 5.41) is 18.5. The zero-order valence-electron chi connectivity index (χ0n) is 10.6. The Balaban J connectivity index is 2.55. The summed E-state index contributed by atoms with van der Waals surface area (Å²) in [6.45, 7) is 2.90. The van der Waals surface area contributed by atoms with E-state index in [-0.39, 0.29) is 5.57 Å². The number of carbonyl (C=O) groups excluding carboxylic acids is 1. The molecule has 0 saturated heterocycles. The number of ketones is 1. The minimum absolute atomic E-state index is 0.0499. The molecular weight excluding hydrogens is 248 g/mol. The van der Waals surface area contributed by atoms with Crippen molar-refractivity contribution in [2.24, 2.45) is 5.41 Å². The molecule has 1 unspecified atom stereocenters. The normalized spacial score (nSPS) is 20.8. The van der Waals surface area contributed by atoms with E-state index in [1.807, 2.05) is 0 Å². The molecule has 2 N–H and O–H groups in total. The number of carboxylic acid groups (broad SMARTS) is 1. The van der Waals surface area contributed by atoms with Gasteiger partial charge in [-0.2, -0.15) is 0 Å². The molecule has 0 radical (unpaired) electrons. The Morgan fingerprint density at radius 1 is 1.37 bits per heavy atom. The van der Waals surface area contributed by atoms with E-state index in [2.05, 4.69) is 0 Å². The van der Waals surface area contributed by atoms with Gasteiger partial charge >= 0.3 is 5.97 Å². The molecule has 5 nitrogen and oxygen atoms in total. The van der Waals surface area contributed by atoms with Crippen LogP contribution in [-0.4, -0.2) is 28.1 Å². The van der Waals surface area contributed by atoms with Gasteiger partial charge in [0, 0.05) is 0 Å². The van der Waals surface area contributed by atoms with Gasteiger partial charge in [-0.1, -0.05) is 12.1 Å². The van der Waals surface area contributed by atoms with Crippen LogP contribution in [-0.2, 0) is 4.79 Å². The van der Waals surface area contributed by atoms with E-state index >= 15 is 0 Å². The molecule has 0 amide bonds. The summed E-state index contributed by atoms with van der Waals surface area (Å²) in [6, 6.07) is 6.56. The third kappa shape index (κ3) is 1.97. The van der Waals surface area contributed by atoms with Crippen molar-refractivity contribution in [2.75, 3.05) is 0 Å². The number of para-hydroxylation sites is 1. The van der Waals surface area contributed by atoms with Crippen LogP contribution >= 0.6 is 0 Å². The SMILES string of the molecule is CC(C)(C(=O)O)C1Oc2ccccc2C(=O)C1=CO. The van der Waals surface area contributed by atoms with Crippen molar-refractivity contribution >= 4 is 11.8 Å². The number of fused-ring (bicyclic) bond motifs is 1. The fourth-order valence-corrected chi connectivity index (χ4v) is 2.00. The van der Waals surface area contributed by atoms with Gasteiger partial charge in [-0.3, -0.25) is 9.59 Å². The molecule has 0 aromatic heterocycles. The van der Waals surface area contributed by atoms with Gasteiger partial charge in [0.2, 0.25) is 0 Å². The Kier molecular flexibility index (Phi) is 3.06. The molecule has 1 aromatic carbocycles. The van der Waals surface area contributed by atoms with Crippen molar-refractivity contribution in [3.63, 3.8) is 0 Å². The number of carbonyl (C=O) groups is 2. The molecule has 0 saturated carbocycles. The van der Waals surface area contributed by atoms with Crippen molar-refractivity contribution in [3.05, 3.63) is 41.7 Å². The second kappa shape index (κ2) is 4.42. The first kappa shape index (κ1) is 13.1. The van der Waals surface area contributed by atoms with Crippen LogP contribution in [0.15, 0.2) is 36.1 Å². The summed E-state index contributed by atoms with van der Waals surface area (Å²) in [6.07, 6.45) is -0.398. The molecule has 19 heavy (non-hydrogen) atoms. The van der Waals surface area contributed by atoms with E-state index in [0.717, 1.165) is 0 Å². The van der Waals surface area contributed by atoms with Crippen LogP contribution in [0.25, 0.3) is 0 Å². The van der Waals surface area contributed by atoms with Gasteiger partial charge in [0.1, 0.15) is 17.3 Å². The highest BCUT2D eigenvalue weighted by Gasteiger charge is 2.46. The Morgan fingerprint density at radius 3 is 2.58 bits per heavy atom. The maximum atomic E-state index is 12.2. The lowest BCUT2D eigenvalue weighted by Crippen LogP contribution is -2.46. The summed E-state index contributed by atoms with van der Waals surface area (Å²) in [5.41, 5.74) is -1.07. The first-order chi connectivity index (χ1) is 8.89. The van der Waals surface area contributed by atoms with Gasteiger partial charge in [0.25, 0.3) is 0 Å². The number of aliphatic hydroxyl groups is 1. The smallest absolute Gasteiger partial charge is 0.313 e. The van der Waals surface area contributed by atoms with E-state index < -0.39 is 23.3 Å². The summed E-state index contributed by atoms with van der Waals surface area (Å²) < 4.78 is 5.60. The molecule has 1 atom stereocenters. The number of hydrogen-bond acceptors (Lipinski definition) is 4. The fraction of sp³-hybridized carbons (Fsp3) is 0.286. The number of aliphatic hydroxyl groups excluding tert-OH is 1. The number of carboxylic acids is 1. The molecule has 0 spiro atoms. The van der Waals surface area contributed by atoms with Crippen LogP contribution in [0.1, 0.15) is 24.2 Å². The average Bonchev–Trinajstić information content (AvgIpc) is 2.38. The summed E-state index contributed by atoms with van der Waals surface area (Å²) in [7, 11) is 0. The third-order valence-corrected chi connectivity index (χ3v) is 3.27. The second-order valence-corrected chi connectivity index (χ2v) is 4.93. The minimum atomic E-state index is -1.34. The molecule has 2 rings (SSSR count). The summed E-state index contributed by atoms with van der Waals surface area (Å²) >= 11 is 0. The molecule has 5 heteroatoms. The highest BCUT2D eigenvalue weighted by atomic mass is 16.5. The molecule has 0 aliphatic carbocycles. The monoisotopic (exact) mass is 262 g/mol. The number of hydrogen-bond donors (Lipinski definition) is 2. The molecular formula is C14H14O5. The van der Waals surface area contributed by atoms with Crippen molar-refractivity contribution in [3.8, 4) is 5.75 Å². The van der Waals surface area contributed by atoms with E-state index in [1.54, 1.807) is 24.3 Å². The van der Waals surface area contributed by atoms with Crippen LogP contribution in [0.2, 0.25) is 0 Å². The van der Waals surface area contributed by atoms with Gasteiger partial charge < -0.3 is 14.9 Å². The van der Waals surface area contributed by atoms with Crippen LogP contribution in [0.3, 0.4) is 0 Å². The lowest BCUT2D eigenvalue weighted by atomic mass is 9.79. The quantitative estimate of drug-likeness (QED) is 0.630. The minimum Gasteiger partial charge on any atom is -0.515 e. The molecule has 1 aliphatic heterocycles. The standard InChI is InChI=1S/C14H14O5/c1-14(2,13(17)18)12-9(7-15)11(16)8-5-3-4-6-10(8)19-12/h3-7,12,15H,1-2H3,(H,17,18). The van der Waals surface area contributed by atoms with Crippen LogP contribution in [0.4, 0.5) is 0 Å². The first-order valence-corrected chi connectivity index (χ1v) is 5.77. The molecule has 1 aliphatic rings. The number of benzene rings is 1. The molecule has 0 fully saturated rings. The predicted molar refractivity (Wildman–Crippen MR) is 67.3 cm³/mol. The van der Waals surface area contributed by atoms with Gasteiger partial charge in [0.15, 0.2) is 5.78 Å². The summed E-state index contributed by atoms with van der Waals surface area (Å²) in [4.78, 5) is 23.5. The number of Topliss-reactive ketones (excluding diaryl/α,β-unsaturated/α-hetero) is 1. The Morgan fingerprint density at radius 2 is 2.00 bits per heavy atom. The topological polar surface area (TPSA) is 83.8 Å². The van der Waals surface area contributed by atoms with Gasteiger partial charge in [-0.25, -0.2) is 0 Å². The van der Waals surface area contributed by atoms with Crippen LogP contribution in [0.5, 0.6) is 5.75 Å². The van der Waals surface area contributed by atoms with E-state index in [4.69, 9.17) is 4.74 Å². The van der Waals surface area contributed by atoms with E-state index in [9.17, 15) is 19.8 Å². The molecule has 1 heterocycles. The van der Waals surface area contributed by atoms with Crippen molar-refractivity contribution in [1.29, 1.82) is 0 Å². The highest BCUT2D eigenvalue weighted by Crippen LogP contribution is 2.38. The molecule has 0 bridgehead atoms. The zero-order valence-corrected chi connectivity index (χ0v) is 10.6. The van der Waals surface area contributed by atoms with Gasteiger partial charge in [-0.05, 0) is 26.0 Å². The van der Waals surface area contributed by atoms with Crippen molar-refractivity contribution < 1.29 is 24.5 Å². The fourth-order valence-electron chi connectivity index (χ4n) is 2.00. The lowest BCUT2D eigenvalue weighted by molar-refractivity contribution is -0.151. The van der Waals surface area contributed by atoms with Crippen LogP contribution in [0, 0.1) is 5.41 Å². The van der Waals surface area contributed by atoms with Gasteiger partial charge in [0.05, 0.1) is 17.4 Å². The first-order valence-electron chi connectivity index (χ1n) is 5.77. The lowest BCUT2D eigenvalue weighted by Gasteiger charge is -2.35. The van der Waals surface area contributed by atoms with Crippen molar-refractivity contribution in [1.82, 2.24) is 0 Å². The Bertz CT molecular complexity index is 571. The summed E-state index contributed by atoms with van der Waals surface area (Å²) in [5.74, 6) is -1.19. The van der Waals surface area contributed by atoms with Crippen LogP contribution < -0.4 is 4.74 Å². The average molecular weight is 262 g/mol. The number of ether oxygens (including phenoxy) is 1. The Hall–Kier alpha value is -2.30. The largest absolute Gasteiger partial charge is 0.515 e. The highest BCUT2D eigenvalue weighted by molar-refractivity contribution is 6.12. The number of rotatable bonds is 2. The molecule has 1 aromatic rings. The second-order valence-electron chi connectivity index (χ2n) is 4.93. The number of aliphatic carboxylic acids is 1. The van der Waals surface area contributed by atoms with E-state index in [0.29, 0.717) is 17.6 Å². The van der Waals surface area contributed by atoms with E-state index in [1.165, 1.54) is 13.8 Å². The van der Waals surface area contributed by atoms with Crippen molar-refractivity contribution in [2.45, 2.75) is 20.0 Å². The molecule has 100 valence electrons. The Labute approximate surface area is 110 Å². The third-order valence-electron chi connectivity index (χ3n) is 3.27. The predicted octanol–water partition coefficient (Wildman–Crippen LogP) is 2.18. The zero-order chi connectivity index (χ0) is 14.2. The maximum absolute atomic E-state index is 12.2.